The molecule has 0 radical (unpaired) electrons. The molecule has 1 heterocycles. The van der Waals surface area contributed by atoms with Gasteiger partial charge in [-0.15, -0.1) is 0 Å². The minimum atomic E-state index is 0.0828. The smallest absolute Gasteiger partial charge is 0.186 e. The van der Waals surface area contributed by atoms with Gasteiger partial charge in [0.2, 0.25) is 0 Å². The second-order valence-corrected chi connectivity index (χ2v) is 5.98. The van der Waals surface area contributed by atoms with E-state index < -0.39 is 0 Å². The molecule has 4 nitrogen and oxygen atoms in total. The van der Waals surface area contributed by atoms with Gasteiger partial charge >= 0.3 is 0 Å². The minimum Gasteiger partial charge on any atom is -0.308 e. The monoisotopic (exact) mass is 295 g/mol. The summed E-state index contributed by atoms with van der Waals surface area (Å²) in [6.45, 7) is 1.51. The number of allylic oxidation sites excluding steroid dienone is 2. The van der Waals surface area contributed by atoms with Gasteiger partial charge in [-0.05, 0) is 39.8 Å². The van der Waals surface area contributed by atoms with E-state index in [9.17, 15) is 4.79 Å². The van der Waals surface area contributed by atoms with Crippen molar-refractivity contribution in [3.05, 3.63) is 28.6 Å². The van der Waals surface area contributed by atoms with Crippen LogP contribution in [0.2, 0.25) is 5.02 Å². The van der Waals surface area contributed by atoms with Crippen LogP contribution in [0, 0.1) is 0 Å². The number of nitrogens with zero attached hydrogens (tertiary/aromatic N) is 3. The van der Waals surface area contributed by atoms with Crippen molar-refractivity contribution in [1.29, 1.82) is 0 Å². The van der Waals surface area contributed by atoms with Gasteiger partial charge in [-0.25, -0.2) is 0 Å². The summed E-state index contributed by atoms with van der Waals surface area (Å²) in [5.41, 5.74) is 1.80. The van der Waals surface area contributed by atoms with Crippen LogP contribution in [0.25, 0.3) is 0 Å². The van der Waals surface area contributed by atoms with Gasteiger partial charge in [-0.1, -0.05) is 23.3 Å². The number of Topliss-reactive ketones (excluding diaryl/α,β-unsaturated/α-hetero) is 1. The molecule has 1 aliphatic carbocycles. The Morgan fingerprint density at radius 2 is 2.25 bits per heavy atom. The maximum Gasteiger partial charge on any atom is 0.186 e. The molecule has 0 saturated carbocycles. The lowest BCUT2D eigenvalue weighted by atomic mass is 9.95. The molecule has 0 N–H and O–H groups in total. The van der Waals surface area contributed by atoms with E-state index in [2.05, 4.69) is 16.1 Å². The van der Waals surface area contributed by atoms with Crippen molar-refractivity contribution in [3.8, 4) is 0 Å². The van der Waals surface area contributed by atoms with E-state index in [0.29, 0.717) is 23.7 Å². The zero-order valence-electron chi connectivity index (χ0n) is 12.2. The quantitative estimate of drug-likeness (QED) is 0.597. The lowest BCUT2D eigenvalue weighted by Crippen LogP contribution is -2.21. The summed E-state index contributed by atoms with van der Waals surface area (Å²) in [5, 5.41) is 4.68. The van der Waals surface area contributed by atoms with Crippen molar-refractivity contribution in [1.82, 2.24) is 14.7 Å². The molecular weight excluding hydrogens is 274 g/mol. The van der Waals surface area contributed by atoms with Gasteiger partial charge in [0.25, 0.3) is 0 Å². The van der Waals surface area contributed by atoms with Crippen molar-refractivity contribution in [2.45, 2.75) is 38.6 Å². The molecule has 0 atom stereocenters. The number of rotatable bonds is 6. The third-order valence-electron chi connectivity index (χ3n) is 3.59. The average Bonchev–Trinajstić information content (AvgIpc) is 2.78. The predicted molar refractivity (Wildman–Crippen MR) is 81.3 cm³/mol. The van der Waals surface area contributed by atoms with Gasteiger partial charge in [0.15, 0.2) is 5.78 Å². The van der Waals surface area contributed by atoms with Crippen LogP contribution in [0.15, 0.2) is 17.8 Å². The van der Waals surface area contributed by atoms with Crippen LogP contribution in [0.5, 0.6) is 0 Å². The highest BCUT2D eigenvalue weighted by Crippen LogP contribution is 2.24. The molecule has 0 aliphatic heterocycles. The van der Waals surface area contributed by atoms with Crippen molar-refractivity contribution < 1.29 is 4.79 Å². The van der Waals surface area contributed by atoms with E-state index in [-0.39, 0.29) is 5.78 Å². The zero-order valence-corrected chi connectivity index (χ0v) is 13.0. The SMILES string of the molecule is CN(C)CCn1ncc(Cl)c1C(=O)CC1=CCCCC1. The first kappa shape index (κ1) is 15.3. The second-order valence-electron chi connectivity index (χ2n) is 5.58. The van der Waals surface area contributed by atoms with Crippen molar-refractivity contribution in [2.24, 2.45) is 0 Å². The van der Waals surface area contributed by atoms with Gasteiger partial charge in [-0.2, -0.15) is 5.10 Å². The number of ketones is 1. The number of halogens is 1. The summed E-state index contributed by atoms with van der Waals surface area (Å²) < 4.78 is 1.73. The Kier molecular flexibility index (Phi) is 5.38. The van der Waals surface area contributed by atoms with E-state index >= 15 is 0 Å². The van der Waals surface area contributed by atoms with E-state index in [1.165, 1.54) is 18.4 Å². The molecule has 1 aliphatic rings. The highest BCUT2D eigenvalue weighted by Gasteiger charge is 2.19. The topological polar surface area (TPSA) is 38.1 Å². The summed E-state index contributed by atoms with van der Waals surface area (Å²) >= 11 is 6.14. The third-order valence-corrected chi connectivity index (χ3v) is 3.87. The molecule has 1 aromatic rings. The van der Waals surface area contributed by atoms with Crippen molar-refractivity contribution >= 4 is 17.4 Å². The van der Waals surface area contributed by atoms with Crippen LogP contribution in [0.1, 0.15) is 42.6 Å². The first-order valence-corrected chi connectivity index (χ1v) is 7.53. The van der Waals surface area contributed by atoms with Gasteiger partial charge in [0.1, 0.15) is 5.69 Å². The predicted octanol–water partition coefficient (Wildman–Crippen LogP) is 3.17. The Morgan fingerprint density at radius 3 is 2.90 bits per heavy atom. The molecular formula is C15H22ClN3O. The lowest BCUT2D eigenvalue weighted by Gasteiger charge is -2.14. The number of hydrogen-bond donors (Lipinski definition) is 0. The molecule has 0 bridgehead atoms. The number of carbonyl (C=O) groups is 1. The van der Waals surface area contributed by atoms with Crippen LogP contribution in [0.4, 0.5) is 0 Å². The molecule has 0 amide bonds. The fraction of sp³-hybridized carbons (Fsp3) is 0.600. The summed E-state index contributed by atoms with van der Waals surface area (Å²) in [6, 6.07) is 0. The highest BCUT2D eigenvalue weighted by molar-refractivity contribution is 6.33. The summed E-state index contributed by atoms with van der Waals surface area (Å²) in [4.78, 5) is 14.5. The van der Waals surface area contributed by atoms with Crippen LogP contribution in [-0.2, 0) is 6.54 Å². The first-order valence-electron chi connectivity index (χ1n) is 7.15. The fourth-order valence-corrected chi connectivity index (χ4v) is 2.71. The molecule has 0 unspecified atom stereocenters. The Labute approximate surface area is 125 Å². The Balaban J connectivity index is 2.08. The Morgan fingerprint density at radius 1 is 1.45 bits per heavy atom. The largest absolute Gasteiger partial charge is 0.308 e. The number of hydrogen-bond acceptors (Lipinski definition) is 3. The second kappa shape index (κ2) is 7.04. The maximum absolute atomic E-state index is 12.5. The molecule has 2 rings (SSSR count). The number of carbonyl (C=O) groups excluding carboxylic acids is 1. The van der Waals surface area contributed by atoms with Gasteiger partial charge in [0, 0.05) is 13.0 Å². The molecule has 110 valence electrons. The molecule has 0 spiro atoms. The zero-order chi connectivity index (χ0) is 14.5. The number of likely N-dealkylation sites (N-methyl/N-ethyl adjacent to an activating group) is 1. The third kappa shape index (κ3) is 3.93. The molecule has 0 saturated heterocycles. The summed E-state index contributed by atoms with van der Waals surface area (Å²) in [6.07, 6.45) is 8.81. The van der Waals surface area contributed by atoms with E-state index in [1.54, 1.807) is 10.9 Å². The van der Waals surface area contributed by atoms with Gasteiger partial charge in [0.05, 0.1) is 17.8 Å². The molecule has 0 fully saturated rings. The van der Waals surface area contributed by atoms with Crippen molar-refractivity contribution in [3.63, 3.8) is 0 Å². The first-order chi connectivity index (χ1) is 9.58. The lowest BCUT2D eigenvalue weighted by molar-refractivity contribution is 0.0980. The maximum atomic E-state index is 12.5. The van der Waals surface area contributed by atoms with Crippen LogP contribution >= 0.6 is 11.6 Å². The van der Waals surface area contributed by atoms with E-state index in [1.807, 2.05) is 14.1 Å². The molecule has 20 heavy (non-hydrogen) atoms. The standard InChI is InChI=1S/C15H22ClN3O/c1-18(2)8-9-19-15(13(16)11-17-19)14(20)10-12-6-4-3-5-7-12/h6,11H,3-5,7-10H2,1-2H3. The molecule has 1 aromatic heterocycles. The van der Waals surface area contributed by atoms with Crippen LogP contribution in [-0.4, -0.2) is 41.1 Å². The Bertz CT molecular complexity index is 505. The van der Waals surface area contributed by atoms with Crippen molar-refractivity contribution in [2.75, 3.05) is 20.6 Å². The van der Waals surface area contributed by atoms with Crippen LogP contribution < -0.4 is 0 Å². The molecule has 5 heteroatoms. The average molecular weight is 296 g/mol. The Hall–Kier alpha value is -1.13. The van der Waals surface area contributed by atoms with Gasteiger partial charge < -0.3 is 4.90 Å². The summed E-state index contributed by atoms with van der Waals surface area (Å²) in [7, 11) is 4.00. The van der Waals surface area contributed by atoms with Gasteiger partial charge in [-0.3, -0.25) is 9.48 Å². The summed E-state index contributed by atoms with van der Waals surface area (Å²) in [5.74, 6) is 0.0828. The highest BCUT2D eigenvalue weighted by atomic mass is 35.5. The number of aromatic nitrogens is 2. The van der Waals surface area contributed by atoms with E-state index in [4.69, 9.17) is 11.6 Å². The fourth-order valence-electron chi connectivity index (χ4n) is 2.46. The normalized spacial score (nSPS) is 15.5. The van der Waals surface area contributed by atoms with E-state index in [0.717, 1.165) is 19.4 Å². The minimum absolute atomic E-state index is 0.0828. The van der Waals surface area contributed by atoms with Crippen LogP contribution in [0.3, 0.4) is 0 Å². The molecule has 0 aromatic carbocycles.